The van der Waals surface area contributed by atoms with E-state index in [2.05, 4.69) is 25.6 Å². The normalized spacial score (nSPS) is 10.6. The number of rotatable bonds is 2. The van der Waals surface area contributed by atoms with E-state index in [-0.39, 0.29) is 15.7 Å². The van der Waals surface area contributed by atoms with E-state index in [1.807, 2.05) is 0 Å². The van der Waals surface area contributed by atoms with Gasteiger partial charge in [-0.15, -0.1) is 0 Å². The van der Waals surface area contributed by atoms with Gasteiger partial charge in [0.05, 0.1) is 5.56 Å². The van der Waals surface area contributed by atoms with E-state index in [4.69, 9.17) is 5.11 Å². The van der Waals surface area contributed by atoms with Gasteiger partial charge in [0.1, 0.15) is 5.69 Å². The molecule has 2 aromatic rings. The molecular weight excluding hydrogens is 313 g/mol. The number of carboxylic acids is 1. The van der Waals surface area contributed by atoms with Crippen LogP contribution in [-0.2, 0) is 0 Å². The lowest BCUT2D eigenvalue weighted by atomic mass is 10.1. The van der Waals surface area contributed by atoms with E-state index < -0.39 is 29.0 Å². The second kappa shape index (κ2) is 4.30. The van der Waals surface area contributed by atoms with Crippen molar-refractivity contribution in [2.45, 2.75) is 0 Å². The largest absolute Gasteiger partial charge is 0.504 e. The van der Waals surface area contributed by atoms with Gasteiger partial charge in [0, 0.05) is 10.5 Å². The van der Waals surface area contributed by atoms with Crippen LogP contribution >= 0.6 is 15.9 Å². The molecule has 0 radical (unpaired) electrons. The number of carbonyl (C=O) groups is 1. The third kappa shape index (κ3) is 1.90. The number of hydrogen-bond acceptors (Lipinski definition) is 5. The smallest absolute Gasteiger partial charge is 0.374 e. The molecule has 2 rings (SSSR count). The Morgan fingerprint density at radius 2 is 2.00 bits per heavy atom. The minimum atomic E-state index is -1.34. The maximum atomic E-state index is 13.1. The molecule has 18 heavy (non-hydrogen) atoms. The molecule has 0 saturated carbocycles. The summed E-state index contributed by atoms with van der Waals surface area (Å²) in [5.41, 5.74) is -0.114. The summed E-state index contributed by atoms with van der Waals surface area (Å²) in [6.45, 7) is 0. The average Bonchev–Trinajstić information content (AvgIpc) is 2.75. The molecule has 1 heterocycles. The van der Waals surface area contributed by atoms with Crippen molar-refractivity contribution in [2.24, 2.45) is 0 Å². The van der Waals surface area contributed by atoms with Crippen LogP contribution in [0, 0.1) is 5.82 Å². The highest BCUT2D eigenvalue weighted by Gasteiger charge is 2.21. The fourth-order valence-corrected chi connectivity index (χ4v) is 1.93. The van der Waals surface area contributed by atoms with Crippen LogP contribution < -0.4 is 0 Å². The molecule has 8 heteroatoms. The van der Waals surface area contributed by atoms with Gasteiger partial charge < -0.3 is 19.8 Å². The standard InChI is InChI=1S/C10H5BrFNO5/c11-3-1-4(12)8(14)9(15)7(3)5-2-6(10(16)17)18-13-5/h1-2,14-15H,(H,16,17). The van der Waals surface area contributed by atoms with E-state index in [1.165, 1.54) is 0 Å². The lowest BCUT2D eigenvalue weighted by Gasteiger charge is -2.06. The van der Waals surface area contributed by atoms with E-state index in [0.717, 1.165) is 12.1 Å². The third-order valence-electron chi connectivity index (χ3n) is 2.16. The summed E-state index contributed by atoms with van der Waals surface area (Å²) in [7, 11) is 0. The minimum absolute atomic E-state index is 0.0490. The van der Waals surface area contributed by atoms with Crippen molar-refractivity contribution in [1.29, 1.82) is 0 Å². The zero-order valence-electron chi connectivity index (χ0n) is 8.52. The Morgan fingerprint density at radius 3 is 2.56 bits per heavy atom. The summed E-state index contributed by atoms with van der Waals surface area (Å²) >= 11 is 2.97. The van der Waals surface area contributed by atoms with Gasteiger partial charge in [-0.25, -0.2) is 9.18 Å². The summed E-state index contributed by atoms with van der Waals surface area (Å²) < 4.78 is 17.7. The Kier molecular flexibility index (Phi) is 2.95. The summed E-state index contributed by atoms with van der Waals surface area (Å²) in [5, 5.41) is 31.0. The van der Waals surface area contributed by atoms with Gasteiger partial charge in [0.2, 0.25) is 5.76 Å². The number of aromatic carboxylic acids is 1. The summed E-state index contributed by atoms with van der Waals surface area (Å²) in [6, 6.07) is 1.96. The first-order valence-electron chi connectivity index (χ1n) is 4.52. The number of halogens is 2. The second-order valence-corrected chi connectivity index (χ2v) is 4.15. The first kappa shape index (κ1) is 12.4. The van der Waals surface area contributed by atoms with Crippen LogP contribution in [0.3, 0.4) is 0 Å². The molecule has 0 aliphatic heterocycles. The van der Waals surface area contributed by atoms with Gasteiger partial charge in [0.25, 0.3) is 0 Å². The number of carboxylic acid groups (broad SMARTS) is 1. The molecule has 3 N–H and O–H groups in total. The highest BCUT2D eigenvalue weighted by Crippen LogP contribution is 2.42. The van der Waals surface area contributed by atoms with E-state index in [0.29, 0.717) is 0 Å². The number of phenolic OH excluding ortho intramolecular Hbond substituents is 2. The molecule has 0 unspecified atom stereocenters. The molecule has 0 bridgehead atoms. The highest BCUT2D eigenvalue weighted by atomic mass is 79.9. The molecule has 0 spiro atoms. The van der Waals surface area contributed by atoms with E-state index in [1.54, 1.807) is 0 Å². The predicted molar refractivity (Wildman–Crippen MR) is 59.9 cm³/mol. The van der Waals surface area contributed by atoms with E-state index in [9.17, 15) is 19.4 Å². The molecule has 0 aliphatic carbocycles. The van der Waals surface area contributed by atoms with Crippen molar-refractivity contribution >= 4 is 21.9 Å². The number of benzene rings is 1. The number of aromatic hydroxyl groups is 2. The maximum absolute atomic E-state index is 13.1. The molecule has 0 fully saturated rings. The maximum Gasteiger partial charge on any atom is 0.374 e. The van der Waals surface area contributed by atoms with Crippen molar-refractivity contribution in [1.82, 2.24) is 5.16 Å². The molecule has 0 aliphatic rings. The molecular formula is C10H5BrFNO5. The number of phenols is 2. The highest BCUT2D eigenvalue weighted by molar-refractivity contribution is 9.10. The third-order valence-corrected chi connectivity index (χ3v) is 2.78. The van der Waals surface area contributed by atoms with Gasteiger partial charge in [-0.2, -0.15) is 0 Å². The SMILES string of the molecule is O=C(O)c1cc(-c2c(Br)cc(F)c(O)c2O)no1. The zero-order chi connectivity index (χ0) is 13.4. The Hall–Kier alpha value is -2.09. The Labute approximate surface area is 107 Å². The minimum Gasteiger partial charge on any atom is -0.504 e. The van der Waals surface area contributed by atoms with Gasteiger partial charge in [-0.1, -0.05) is 5.16 Å². The quantitative estimate of drug-likeness (QED) is 0.734. The molecule has 1 aromatic carbocycles. The number of hydrogen-bond donors (Lipinski definition) is 3. The lowest BCUT2D eigenvalue weighted by Crippen LogP contribution is -1.91. The molecule has 94 valence electrons. The zero-order valence-corrected chi connectivity index (χ0v) is 10.1. The van der Waals surface area contributed by atoms with Gasteiger partial charge in [-0.3, -0.25) is 0 Å². The van der Waals surface area contributed by atoms with Crippen molar-refractivity contribution in [3.05, 3.63) is 28.2 Å². The first-order valence-corrected chi connectivity index (χ1v) is 5.31. The van der Waals surface area contributed by atoms with Crippen molar-refractivity contribution in [3.8, 4) is 22.8 Å². The summed E-state index contributed by atoms with van der Waals surface area (Å²) in [5.74, 6) is -4.51. The van der Waals surface area contributed by atoms with Gasteiger partial charge >= 0.3 is 5.97 Å². The first-order chi connectivity index (χ1) is 8.41. The monoisotopic (exact) mass is 317 g/mol. The summed E-state index contributed by atoms with van der Waals surface area (Å²) in [6.07, 6.45) is 0. The van der Waals surface area contributed by atoms with Crippen LogP contribution in [0.25, 0.3) is 11.3 Å². The Morgan fingerprint density at radius 1 is 1.33 bits per heavy atom. The number of nitrogens with zero attached hydrogens (tertiary/aromatic N) is 1. The van der Waals surface area contributed by atoms with Gasteiger partial charge in [-0.05, 0) is 22.0 Å². The van der Waals surface area contributed by atoms with Crippen molar-refractivity contribution in [2.75, 3.05) is 0 Å². The van der Waals surface area contributed by atoms with Crippen LogP contribution in [0.15, 0.2) is 21.1 Å². The van der Waals surface area contributed by atoms with Gasteiger partial charge in [0.15, 0.2) is 17.3 Å². The molecule has 0 saturated heterocycles. The summed E-state index contributed by atoms with van der Waals surface area (Å²) in [4.78, 5) is 10.6. The fourth-order valence-electron chi connectivity index (χ4n) is 1.33. The second-order valence-electron chi connectivity index (χ2n) is 3.29. The van der Waals surface area contributed by atoms with Crippen molar-refractivity contribution < 1.29 is 29.0 Å². The Balaban J connectivity index is 2.63. The van der Waals surface area contributed by atoms with Crippen LogP contribution in [0.1, 0.15) is 10.6 Å². The van der Waals surface area contributed by atoms with Crippen LogP contribution in [0.5, 0.6) is 11.5 Å². The van der Waals surface area contributed by atoms with Crippen molar-refractivity contribution in [3.63, 3.8) is 0 Å². The fraction of sp³-hybridized carbons (Fsp3) is 0. The molecule has 0 atom stereocenters. The lowest BCUT2D eigenvalue weighted by molar-refractivity contribution is 0.0652. The van der Waals surface area contributed by atoms with Crippen LogP contribution in [0.2, 0.25) is 0 Å². The topological polar surface area (TPSA) is 104 Å². The van der Waals surface area contributed by atoms with Crippen LogP contribution in [0.4, 0.5) is 4.39 Å². The van der Waals surface area contributed by atoms with E-state index >= 15 is 0 Å². The average molecular weight is 318 g/mol. The van der Waals surface area contributed by atoms with Crippen LogP contribution in [-0.4, -0.2) is 26.4 Å². The molecule has 1 aromatic heterocycles. The predicted octanol–water partition coefficient (Wildman–Crippen LogP) is 2.35. The molecule has 0 amide bonds. The Bertz CT molecular complexity index is 639. The molecule has 6 nitrogen and oxygen atoms in total. The number of aromatic nitrogens is 1.